The van der Waals surface area contributed by atoms with Gasteiger partial charge in [-0.15, -0.1) is 0 Å². The number of hydrogen-bond donors (Lipinski definition) is 0. The summed E-state index contributed by atoms with van der Waals surface area (Å²) in [6.07, 6.45) is 1.69. The number of carbonyl (C=O) groups excluding carboxylic acids is 1. The zero-order valence-corrected chi connectivity index (χ0v) is 15.2. The van der Waals surface area contributed by atoms with Gasteiger partial charge in [0.2, 0.25) is 17.6 Å². The summed E-state index contributed by atoms with van der Waals surface area (Å²) in [5.74, 6) is 1.22. The molecule has 0 spiro atoms. The van der Waals surface area contributed by atoms with E-state index in [1.165, 1.54) is 0 Å². The molecule has 6 nitrogen and oxygen atoms in total. The van der Waals surface area contributed by atoms with Crippen molar-refractivity contribution >= 4 is 17.5 Å². The van der Waals surface area contributed by atoms with E-state index < -0.39 is 0 Å². The fourth-order valence-corrected chi connectivity index (χ4v) is 2.82. The summed E-state index contributed by atoms with van der Waals surface area (Å²) in [7, 11) is 0. The molecule has 7 heteroatoms. The van der Waals surface area contributed by atoms with Gasteiger partial charge in [0, 0.05) is 42.8 Å². The van der Waals surface area contributed by atoms with Crippen molar-refractivity contribution in [2.24, 2.45) is 0 Å². The lowest BCUT2D eigenvalue weighted by Gasteiger charge is -2.33. The maximum Gasteiger partial charge on any atom is 0.246 e. The van der Waals surface area contributed by atoms with Crippen LogP contribution in [0.4, 0.5) is 0 Å². The Hall–Kier alpha value is -2.18. The molecule has 0 atom stereocenters. The number of halogens is 1. The molecule has 1 aromatic carbocycles. The largest absolute Gasteiger partial charge is 0.338 e. The van der Waals surface area contributed by atoms with Crippen molar-refractivity contribution in [2.45, 2.75) is 20.4 Å². The Labute approximate surface area is 152 Å². The molecule has 3 rings (SSSR count). The molecule has 1 aliphatic rings. The summed E-state index contributed by atoms with van der Waals surface area (Å²) >= 11 is 5.89. The van der Waals surface area contributed by atoms with Crippen molar-refractivity contribution in [1.29, 1.82) is 0 Å². The molecule has 0 radical (unpaired) electrons. The molecule has 2 aromatic rings. The molecule has 132 valence electrons. The van der Waals surface area contributed by atoms with Gasteiger partial charge in [-0.3, -0.25) is 9.69 Å². The molecule has 0 N–H and O–H groups in total. The summed E-state index contributed by atoms with van der Waals surface area (Å²) in [4.78, 5) is 20.6. The van der Waals surface area contributed by atoms with Gasteiger partial charge < -0.3 is 9.42 Å². The highest BCUT2D eigenvalue weighted by Crippen LogP contribution is 2.19. The van der Waals surface area contributed by atoms with Gasteiger partial charge >= 0.3 is 0 Å². The monoisotopic (exact) mass is 360 g/mol. The van der Waals surface area contributed by atoms with E-state index in [2.05, 4.69) is 15.0 Å². The van der Waals surface area contributed by atoms with Gasteiger partial charge in [0.15, 0.2) is 0 Å². The summed E-state index contributed by atoms with van der Waals surface area (Å²) < 4.78 is 5.35. The molecule has 25 heavy (non-hydrogen) atoms. The van der Waals surface area contributed by atoms with Gasteiger partial charge in [-0.05, 0) is 38.1 Å². The Morgan fingerprint density at radius 1 is 1.20 bits per heavy atom. The molecular weight excluding hydrogens is 340 g/mol. The number of nitrogens with zero attached hydrogens (tertiary/aromatic N) is 4. The van der Waals surface area contributed by atoms with E-state index in [-0.39, 0.29) is 5.91 Å². The summed E-state index contributed by atoms with van der Waals surface area (Å²) in [6.45, 7) is 7.46. The van der Waals surface area contributed by atoms with Gasteiger partial charge in [-0.2, -0.15) is 4.98 Å². The smallest absolute Gasteiger partial charge is 0.246 e. The molecule has 1 aromatic heterocycles. The lowest BCUT2D eigenvalue weighted by molar-refractivity contribution is -0.127. The van der Waals surface area contributed by atoms with Gasteiger partial charge in [0.1, 0.15) is 0 Å². The fourth-order valence-electron chi connectivity index (χ4n) is 2.69. The number of piperazine rings is 1. The van der Waals surface area contributed by atoms with Crippen LogP contribution in [0.15, 0.2) is 40.4 Å². The average Bonchev–Trinajstić information content (AvgIpc) is 3.04. The standard InChI is InChI=1S/C18H21ClN4O2/c1-13(2)11-17(24)23-9-7-22(8-10-23)12-16-20-18(21-25-16)14-3-5-15(19)6-4-14/h3-6,11H,7-10,12H2,1-2H3. The molecule has 1 amide bonds. The maximum absolute atomic E-state index is 12.0. The molecule has 0 bridgehead atoms. The van der Waals surface area contributed by atoms with Crippen molar-refractivity contribution < 1.29 is 9.32 Å². The molecule has 1 saturated heterocycles. The highest BCUT2D eigenvalue weighted by molar-refractivity contribution is 6.30. The minimum Gasteiger partial charge on any atom is -0.338 e. The van der Waals surface area contributed by atoms with E-state index in [1.54, 1.807) is 18.2 Å². The van der Waals surface area contributed by atoms with Crippen LogP contribution in [0.2, 0.25) is 5.02 Å². The Morgan fingerprint density at radius 2 is 1.88 bits per heavy atom. The second kappa shape index (κ2) is 7.80. The van der Waals surface area contributed by atoms with Gasteiger partial charge in [-0.25, -0.2) is 0 Å². The quantitative estimate of drug-likeness (QED) is 0.784. The van der Waals surface area contributed by atoms with Crippen LogP contribution in [-0.2, 0) is 11.3 Å². The van der Waals surface area contributed by atoms with Crippen LogP contribution >= 0.6 is 11.6 Å². The van der Waals surface area contributed by atoms with Crippen LogP contribution in [0.5, 0.6) is 0 Å². The first-order valence-electron chi connectivity index (χ1n) is 8.26. The maximum atomic E-state index is 12.0. The highest BCUT2D eigenvalue weighted by Gasteiger charge is 2.21. The number of carbonyl (C=O) groups is 1. The fraction of sp³-hybridized carbons (Fsp3) is 0.389. The van der Waals surface area contributed by atoms with E-state index in [4.69, 9.17) is 16.1 Å². The normalized spacial score (nSPS) is 15.2. The van der Waals surface area contributed by atoms with E-state index in [9.17, 15) is 4.79 Å². The predicted molar refractivity (Wildman–Crippen MR) is 96.0 cm³/mol. The number of rotatable bonds is 4. The number of amides is 1. The Balaban J connectivity index is 1.55. The van der Waals surface area contributed by atoms with Gasteiger partial charge in [0.05, 0.1) is 6.54 Å². The molecule has 1 fully saturated rings. The summed E-state index contributed by atoms with van der Waals surface area (Å²) in [5.41, 5.74) is 1.89. The minimum absolute atomic E-state index is 0.0856. The Bertz CT molecular complexity index is 758. The third-order valence-electron chi connectivity index (χ3n) is 4.03. The van der Waals surface area contributed by atoms with Crippen LogP contribution in [-0.4, -0.2) is 52.0 Å². The summed E-state index contributed by atoms with van der Waals surface area (Å²) in [6, 6.07) is 7.33. The third kappa shape index (κ3) is 4.67. The van der Waals surface area contributed by atoms with Crippen molar-refractivity contribution in [3.05, 3.63) is 46.8 Å². The average molecular weight is 361 g/mol. The van der Waals surface area contributed by atoms with Crippen LogP contribution in [0.1, 0.15) is 19.7 Å². The zero-order valence-electron chi connectivity index (χ0n) is 14.4. The lowest BCUT2D eigenvalue weighted by atomic mass is 10.2. The third-order valence-corrected chi connectivity index (χ3v) is 4.28. The lowest BCUT2D eigenvalue weighted by Crippen LogP contribution is -2.47. The first-order valence-corrected chi connectivity index (χ1v) is 8.64. The summed E-state index contributed by atoms with van der Waals surface area (Å²) in [5, 5.41) is 4.70. The van der Waals surface area contributed by atoms with Crippen LogP contribution in [0, 0.1) is 0 Å². The Morgan fingerprint density at radius 3 is 2.52 bits per heavy atom. The van der Waals surface area contributed by atoms with E-state index in [0.717, 1.165) is 24.2 Å². The SMILES string of the molecule is CC(C)=CC(=O)N1CCN(Cc2nc(-c3ccc(Cl)cc3)no2)CC1. The predicted octanol–water partition coefficient (Wildman–Crippen LogP) is 3.00. The van der Waals surface area contributed by atoms with Crippen LogP contribution in [0.25, 0.3) is 11.4 Å². The van der Waals surface area contributed by atoms with Crippen molar-refractivity contribution in [3.63, 3.8) is 0 Å². The van der Waals surface area contributed by atoms with Crippen molar-refractivity contribution in [3.8, 4) is 11.4 Å². The number of hydrogen-bond acceptors (Lipinski definition) is 5. The van der Waals surface area contributed by atoms with Crippen molar-refractivity contribution in [2.75, 3.05) is 26.2 Å². The second-order valence-corrected chi connectivity index (χ2v) is 6.78. The minimum atomic E-state index is 0.0856. The zero-order chi connectivity index (χ0) is 17.8. The molecular formula is C18H21ClN4O2. The molecule has 2 heterocycles. The van der Waals surface area contributed by atoms with Crippen LogP contribution in [0.3, 0.4) is 0 Å². The van der Waals surface area contributed by atoms with Crippen molar-refractivity contribution in [1.82, 2.24) is 19.9 Å². The Kier molecular flexibility index (Phi) is 5.50. The number of aromatic nitrogens is 2. The number of allylic oxidation sites excluding steroid dienone is 1. The topological polar surface area (TPSA) is 62.5 Å². The molecule has 0 unspecified atom stereocenters. The highest BCUT2D eigenvalue weighted by atomic mass is 35.5. The van der Waals surface area contributed by atoms with Gasteiger partial charge in [0.25, 0.3) is 0 Å². The van der Waals surface area contributed by atoms with Crippen LogP contribution < -0.4 is 0 Å². The van der Waals surface area contributed by atoms with Gasteiger partial charge in [-0.1, -0.05) is 22.3 Å². The first kappa shape index (κ1) is 17.6. The molecule has 1 aliphatic heterocycles. The van der Waals surface area contributed by atoms with E-state index in [1.807, 2.05) is 30.9 Å². The second-order valence-electron chi connectivity index (χ2n) is 6.34. The van der Waals surface area contributed by atoms with E-state index >= 15 is 0 Å². The molecule has 0 aliphatic carbocycles. The molecule has 0 saturated carbocycles. The first-order chi connectivity index (χ1) is 12.0. The van der Waals surface area contributed by atoms with E-state index in [0.29, 0.717) is 36.4 Å². The number of benzene rings is 1.